The van der Waals surface area contributed by atoms with Crippen LogP contribution in [0.4, 0.5) is 0 Å². The number of hydrogen-bond donors (Lipinski definition) is 2. The predicted molar refractivity (Wildman–Crippen MR) is 51.2 cm³/mol. The van der Waals surface area contributed by atoms with Gasteiger partial charge in [-0.25, -0.2) is 0 Å². The van der Waals surface area contributed by atoms with Crippen molar-refractivity contribution >= 4 is 11.8 Å². The first-order valence-electron chi connectivity index (χ1n) is 3.96. The molecule has 0 spiro atoms. The molecule has 0 atom stereocenters. The molecule has 2 N–H and O–H groups in total. The maximum absolute atomic E-state index is 10.8. The van der Waals surface area contributed by atoms with Crippen LogP contribution in [-0.2, 0) is 4.79 Å². The lowest BCUT2D eigenvalue weighted by atomic mass is 10.1. The van der Waals surface area contributed by atoms with Crippen molar-refractivity contribution in [3.63, 3.8) is 0 Å². The summed E-state index contributed by atoms with van der Waals surface area (Å²) < 4.78 is 0. The summed E-state index contributed by atoms with van der Waals surface area (Å²) in [6.45, 7) is 0.671. The van der Waals surface area contributed by atoms with Gasteiger partial charge < -0.3 is 10.2 Å². The molecule has 0 amide bonds. The van der Waals surface area contributed by atoms with Crippen molar-refractivity contribution in [3.05, 3.63) is 35.9 Å². The minimum Gasteiger partial charge on any atom is -0.481 e. The Morgan fingerprint density at radius 1 is 1.21 bits per heavy atom. The van der Waals surface area contributed by atoms with E-state index in [4.69, 9.17) is 15.0 Å². The minimum absolute atomic E-state index is 0.236. The van der Waals surface area contributed by atoms with E-state index in [1.165, 1.54) is 0 Å². The van der Waals surface area contributed by atoms with Crippen molar-refractivity contribution in [1.82, 2.24) is 0 Å². The number of aliphatic hydroxyl groups excluding tert-OH is 1. The first kappa shape index (κ1) is 12.3. The summed E-state index contributed by atoms with van der Waals surface area (Å²) in [7, 11) is 0. The van der Waals surface area contributed by atoms with E-state index in [-0.39, 0.29) is 5.78 Å². The van der Waals surface area contributed by atoms with Crippen LogP contribution < -0.4 is 0 Å². The summed E-state index contributed by atoms with van der Waals surface area (Å²) in [6.07, 6.45) is 0. The van der Waals surface area contributed by atoms with Crippen LogP contribution in [0.15, 0.2) is 30.3 Å². The number of rotatable bonds is 2. The Morgan fingerprint density at radius 3 is 2.00 bits per heavy atom. The second kappa shape index (κ2) is 6.80. The third-order valence-electron chi connectivity index (χ3n) is 1.24. The Kier molecular flexibility index (Phi) is 5.98. The van der Waals surface area contributed by atoms with Gasteiger partial charge in [0.2, 0.25) is 0 Å². The number of carboxylic acids is 1. The molecule has 0 aliphatic carbocycles. The lowest BCUT2D eigenvalue weighted by molar-refractivity contribution is -0.134. The third-order valence-corrected chi connectivity index (χ3v) is 1.24. The summed E-state index contributed by atoms with van der Waals surface area (Å²) in [5, 5.41) is 15.9. The van der Waals surface area contributed by atoms with Gasteiger partial charge in [0.05, 0.1) is 0 Å². The number of ketones is 1. The first-order chi connectivity index (χ1) is 6.57. The zero-order valence-electron chi connectivity index (χ0n) is 7.80. The van der Waals surface area contributed by atoms with E-state index in [1.54, 1.807) is 24.3 Å². The van der Waals surface area contributed by atoms with Gasteiger partial charge in [-0.3, -0.25) is 9.59 Å². The molecule has 14 heavy (non-hydrogen) atoms. The standard InChI is InChI=1S/C8H8O2.C2H4O2/c9-6-8(10)7-4-2-1-3-5-7;1-2(3)4/h1-5,9H,6H2;1H3,(H,3,4). The Bertz CT molecular complexity index is 288. The Morgan fingerprint density at radius 2 is 1.64 bits per heavy atom. The second-order valence-corrected chi connectivity index (χ2v) is 2.47. The highest BCUT2D eigenvalue weighted by Gasteiger charge is 1.99. The molecule has 1 rings (SSSR count). The van der Waals surface area contributed by atoms with E-state index in [9.17, 15) is 4.79 Å². The van der Waals surface area contributed by atoms with Crippen LogP contribution in [0.2, 0.25) is 0 Å². The average molecular weight is 196 g/mol. The van der Waals surface area contributed by atoms with Crippen molar-refractivity contribution in [2.24, 2.45) is 0 Å². The van der Waals surface area contributed by atoms with E-state index in [1.807, 2.05) is 6.07 Å². The van der Waals surface area contributed by atoms with E-state index in [0.29, 0.717) is 5.56 Å². The predicted octanol–water partition coefficient (Wildman–Crippen LogP) is 0.952. The fourth-order valence-corrected chi connectivity index (χ4v) is 0.715. The van der Waals surface area contributed by atoms with Gasteiger partial charge in [-0.15, -0.1) is 0 Å². The van der Waals surface area contributed by atoms with E-state index >= 15 is 0 Å². The fourth-order valence-electron chi connectivity index (χ4n) is 0.715. The molecule has 0 aliphatic heterocycles. The van der Waals surface area contributed by atoms with Crippen molar-refractivity contribution in [2.45, 2.75) is 6.92 Å². The van der Waals surface area contributed by atoms with Crippen LogP contribution in [0.25, 0.3) is 0 Å². The molecular weight excluding hydrogens is 184 g/mol. The van der Waals surface area contributed by atoms with E-state index in [2.05, 4.69) is 0 Å². The maximum Gasteiger partial charge on any atom is 0.300 e. The van der Waals surface area contributed by atoms with Crippen LogP contribution in [0, 0.1) is 0 Å². The van der Waals surface area contributed by atoms with Gasteiger partial charge in [0.1, 0.15) is 6.61 Å². The molecule has 0 fully saturated rings. The molecule has 4 nitrogen and oxygen atoms in total. The van der Waals surface area contributed by atoms with E-state index < -0.39 is 12.6 Å². The van der Waals surface area contributed by atoms with Gasteiger partial charge in [-0.05, 0) is 0 Å². The second-order valence-electron chi connectivity index (χ2n) is 2.47. The van der Waals surface area contributed by atoms with Gasteiger partial charge in [0, 0.05) is 12.5 Å². The lowest BCUT2D eigenvalue weighted by Crippen LogP contribution is -2.02. The zero-order valence-corrected chi connectivity index (χ0v) is 7.80. The van der Waals surface area contributed by atoms with Crippen LogP contribution >= 0.6 is 0 Å². The van der Waals surface area contributed by atoms with Crippen LogP contribution in [-0.4, -0.2) is 28.6 Å². The van der Waals surface area contributed by atoms with Gasteiger partial charge >= 0.3 is 0 Å². The number of aliphatic hydroxyl groups is 1. The molecule has 1 aromatic rings. The highest BCUT2D eigenvalue weighted by molar-refractivity contribution is 5.96. The molecule has 0 saturated heterocycles. The smallest absolute Gasteiger partial charge is 0.300 e. The lowest BCUT2D eigenvalue weighted by Gasteiger charge is -1.93. The summed E-state index contributed by atoms with van der Waals surface area (Å²) in [4.78, 5) is 19.8. The molecule has 0 aromatic heterocycles. The van der Waals surface area contributed by atoms with Crippen molar-refractivity contribution in [2.75, 3.05) is 6.61 Å². The SMILES string of the molecule is CC(=O)O.O=C(CO)c1ccccc1. The monoisotopic (exact) mass is 196 g/mol. The highest BCUT2D eigenvalue weighted by atomic mass is 16.4. The largest absolute Gasteiger partial charge is 0.481 e. The Labute approximate surface area is 81.8 Å². The normalized spacial score (nSPS) is 8.43. The molecule has 0 saturated carbocycles. The van der Waals surface area contributed by atoms with Gasteiger partial charge in [-0.1, -0.05) is 30.3 Å². The highest BCUT2D eigenvalue weighted by Crippen LogP contribution is 1.97. The average Bonchev–Trinajstić information content (AvgIpc) is 2.17. The zero-order chi connectivity index (χ0) is 11.0. The Hall–Kier alpha value is -1.68. The molecule has 0 heterocycles. The van der Waals surface area contributed by atoms with Crippen molar-refractivity contribution in [3.8, 4) is 0 Å². The van der Waals surface area contributed by atoms with Gasteiger partial charge in [-0.2, -0.15) is 0 Å². The third kappa shape index (κ3) is 5.91. The number of benzene rings is 1. The maximum atomic E-state index is 10.8. The molecule has 4 heteroatoms. The van der Waals surface area contributed by atoms with Crippen LogP contribution in [0.1, 0.15) is 17.3 Å². The molecule has 76 valence electrons. The van der Waals surface area contributed by atoms with E-state index in [0.717, 1.165) is 6.92 Å². The number of hydrogen-bond acceptors (Lipinski definition) is 3. The molecule has 0 unspecified atom stereocenters. The summed E-state index contributed by atoms with van der Waals surface area (Å²) in [5.74, 6) is -1.07. The number of carboxylic acid groups (broad SMARTS) is 1. The number of carbonyl (C=O) groups excluding carboxylic acids is 1. The fraction of sp³-hybridized carbons (Fsp3) is 0.200. The van der Waals surface area contributed by atoms with Crippen molar-refractivity contribution < 1.29 is 19.8 Å². The Balaban J connectivity index is 0.000000364. The molecule has 1 aromatic carbocycles. The summed E-state index contributed by atoms with van der Waals surface area (Å²) >= 11 is 0. The van der Waals surface area contributed by atoms with Gasteiger partial charge in [0.25, 0.3) is 5.97 Å². The topological polar surface area (TPSA) is 74.6 Å². The molecule has 0 radical (unpaired) electrons. The number of aliphatic carboxylic acids is 1. The van der Waals surface area contributed by atoms with Gasteiger partial charge in [0.15, 0.2) is 5.78 Å². The molecule has 0 bridgehead atoms. The minimum atomic E-state index is -0.833. The van der Waals surface area contributed by atoms with Crippen LogP contribution in [0.5, 0.6) is 0 Å². The quantitative estimate of drug-likeness (QED) is 0.690. The van der Waals surface area contributed by atoms with Crippen LogP contribution in [0.3, 0.4) is 0 Å². The van der Waals surface area contributed by atoms with Crippen molar-refractivity contribution in [1.29, 1.82) is 0 Å². The first-order valence-corrected chi connectivity index (χ1v) is 3.96. The summed E-state index contributed by atoms with van der Waals surface area (Å²) in [5.41, 5.74) is 0.560. The number of Topliss-reactive ketones (excluding diaryl/α,β-unsaturated/α-hetero) is 1. The summed E-state index contributed by atoms with van der Waals surface area (Å²) in [6, 6.07) is 8.72. The molecular formula is C10H12O4. The molecule has 0 aliphatic rings. The number of carbonyl (C=O) groups is 2.